The molecule has 3 aromatic rings. The maximum Gasteiger partial charge on any atom is 0.335 e. The van der Waals surface area contributed by atoms with Crippen molar-refractivity contribution in [1.82, 2.24) is 15.0 Å². The molecule has 2 aromatic carbocycles. The highest BCUT2D eigenvalue weighted by Crippen LogP contribution is 2.20. The first-order valence-corrected chi connectivity index (χ1v) is 5.60. The molecule has 0 aliphatic rings. The number of rotatable bonds is 2. The lowest BCUT2D eigenvalue weighted by atomic mass is 10.2. The van der Waals surface area contributed by atoms with E-state index >= 15 is 0 Å². The molecule has 1 N–H and O–H groups in total. The van der Waals surface area contributed by atoms with Crippen molar-refractivity contribution in [3.8, 4) is 5.69 Å². The molecule has 1 aromatic heterocycles. The number of benzene rings is 2. The maximum absolute atomic E-state index is 13.7. The molecule has 0 unspecified atom stereocenters. The van der Waals surface area contributed by atoms with Crippen LogP contribution in [0.2, 0.25) is 0 Å². The average molecular weight is 275 g/mol. The Hall–Kier alpha value is -2.83. The van der Waals surface area contributed by atoms with Gasteiger partial charge in [-0.2, -0.15) is 0 Å². The fraction of sp³-hybridized carbons (Fsp3) is 0. The van der Waals surface area contributed by atoms with Crippen LogP contribution in [0.15, 0.2) is 36.4 Å². The average Bonchev–Trinajstić information content (AvgIpc) is 2.84. The van der Waals surface area contributed by atoms with E-state index in [1.54, 1.807) is 0 Å². The molecule has 0 amide bonds. The van der Waals surface area contributed by atoms with Crippen molar-refractivity contribution in [3.63, 3.8) is 0 Å². The minimum atomic E-state index is -1.13. The normalized spacial score (nSPS) is 10.9. The van der Waals surface area contributed by atoms with Gasteiger partial charge >= 0.3 is 5.97 Å². The smallest absolute Gasteiger partial charge is 0.335 e. The Morgan fingerprint density at radius 1 is 1.15 bits per heavy atom. The third-order valence-electron chi connectivity index (χ3n) is 2.83. The Morgan fingerprint density at radius 2 is 1.95 bits per heavy atom. The number of aromatic nitrogens is 3. The summed E-state index contributed by atoms with van der Waals surface area (Å²) in [5, 5.41) is 16.5. The monoisotopic (exact) mass is 275 g/mol. The van der Waals surface area contributed by atoms with Crippen LogP contribution in [0.4, 0.5) is 8.78 Å². The molecule has 0 saturated heterocycles. The van der Waals surface area contributed by atoms with Gasteiger partial charge in [-0.1, -0.05) is 5.21 Å². The van der Waals surface area contributed by atoms with Gasteiger partial charge in [0.25, 0.3) is 0 Å². The van der Waals surface area contributed by atoms with Crippen molar-refractivity contribution in [1.29, 1.82) is 0 Å². The predicted octanol–water partition coefficient (Wildman–Crippen LogP) is 2.40. The van der Waals surface area contributed by atoms with Crippen molar-refractivity contribution < 1.29 is 18.7 Å². The Balaban J connectivity index is 2.28. The van der Waals surface area contributed by atoms with Gasteiger partial charge in [-0.05, 0) is 30.3 Å². The van der Waals surface area contributed by atoms with E-state index in [0.717, 1.165) is 22.9 Å². The second kappa shape index (κ2) is 4.37. The van der Waals surface area contributed by atoms with Crippen molar-refractivity contribution >= 4 is 17.0 Å². The van der Waals surface area contributed by atoms with Crippen LogP contribution in [0.5, 0.6) is 0 Å². The fourth-order valence-electron chi connectivity index (χ4n) is 1.88. The number of carboxylic acid groups (broad SMARTS) is 1. The highest BCUT2D eigenvalue weighted by molar-refractivity contribution is 5.92. The second-order valence-electron chi connectivity index (χ2n) is 4.11. The molecule has 20 heavy (non-hydrogen) atoms. The van der Waals surface area contributed by atoms with E-state index in [0.29, 0.717) is 5.52 Å². The van der Waals surface area contributed by atoms with Gasteiger partial charge in [0, 0.05) is 6.07 Å². The Morgan fingerprint density at radius 3 is 2.70 bits per heavy atom. The van der Waals surface area contributed by atoms with Gasteiger partial charge in [0.2, 0.25) is 0 Å². The first-order chi connectivity index (χ1) is 9.56. The van der Waals surface area contributed by atoms with Crippen molar-refractivity contribution in [2.45, 2.75) is 0 Å². The maximum atomic E-state index is 13.7. The number of hydrogen-bond donors (Lipinski definition) is 1. The third-order valence-corrected chi connectivity index (χ3v) is 2.83. The summed E-state index contributed by atoms with van der Waals surface area (Å²) in [5.74, 6) is -2.43. The largest absolute Gasteiger partial charge is 0.478 e. The number of halogens is 2. The number of hydrogen-bond acceptors (Lipinski definition) is 3. The number of carboxylic acids is 1. The highest BCUT2D eigenvalue weighted by atomic mass is 19.1. The number of carbonyl (C=O) groups is 1. The molecule has 0 saturated carbocycles. The second-order valence-corrected chi connectivity index (χ2v) is 4.11. The molecule has 1 heterocycles. The van der Waals surface area contributed by atoms with Crippen LogP contribution in [0.1, 0.15) is 10.4 Å². The summed E-state index contributed by atoms with van der Waals surface area (Å²) in [6.45, 7) is 0. The number of aromatic carboxylic acids is 1. The lowest BCUT2D eigenvalue weighted by Gasteiger charge is -2.04. The van der Waals surface area contributed by atoms with Crippen molar-refractivity contribution in [2.24, 2.45) is 0 Å². The molecular weight excluding hydrogens is 268 g/mol. The molecule has 0 fully saturated rings. The van der Waals surface area contributed by atoms with Crippen LogP contribution in [0.25, 0.3) is 16.7 Å². The van der Waals surface area contributed by atoms with Crippen molar-refractivity contribution in [2.75, 3.05) is 0 Å². The van der Waals surface area contributed by atoms with Gasteiger partial charge < -0.3 is 5.11 Å². The molecule has 3 rings (SSSR count). The number of nitrogens with zero attached hydrogens (tertiary/aromatic N) is 3. The topological polar surface area (TPSA) is 68.0 Å². The minimum absolute atomic E-state index is 0.0119. The molecule has 0 bridgehead atoms. The van der Waals surface area contributed by atoms with E-state index in [2.05, 4.69) is 10.3 Å². The van der Waals surface area contributed by atoms with Gasteiger partial charge in [-0.25, -0.2) is 18.3 Å². The molecule has 0 radical (unpaired) electrons. The predicted molar refractivity (Wildman–Crippen MR) is 65.7 cm³/mol. The highest BCUT2D eigenvalue weighted by Gasteiger charge is 2.13. The quantitative estimate of drug-likeness (QED) is 0.779. The SMILES string of the molecule is O=C(O)c1ccc2nnn(-c3cc(F)ccc3F)c2c1. The zero-order valence-corrected chi connectivity index (χ0v) is 9.92. The summed E-state index contributed by atoms with van der Waals surface area (Å²) in [4.78, 5) is 11.0. The third kappa shape index (κ3) is 1.89. The Labute approximate surface area is 111 Å². The zero-order chi connectivity index (χ0) is 14.3. The van der Waals surface area contributed by atoms with E-state index in [-0.39, 0.29) is 16.8 Å². The molecule has 5 nitrogen and oxygen atoms in total. The lowest BCUT2D eigenvalue weighted by Crippen LogP contribution is -2.02. The molecule has 0 atom stereocenters. The van der Waals surface area contributed by atoms with Gasteiger partial charge in [-0.3, -0.25) is 0 Å². The first-order valence-electron chi connectivity index (χ1n) is 5.60. The Kier molecular flexibility index (Phi) is 2.67. The van der Waals surface area contributed by atoms with Gasteiger partial charge in [0.05, 0.1) is 11.1 Å². The van der Waals surface area contributed by atoms with Crippen LogP contribution in [-0.2, 0) is 0 Å². The fourth-order valence-corrected chi connectivity index (χ4v) is 1.88. The number of fused-ring (bicyclic) bond motifs is 1. The molecule has 100 valence electrons. The van der Waals surface area contributed by atoms with Crippen LogP contribution in [0, 0.1) is 11.6 Å². The van der Waals surface area contributed by atoms with Crippen LogP contribution in [-0.4, -0.2) is 26.1 Å². The van der Waals surface area contributed by atoms with E-state index in [4.69, 9.17) is 5.11 Å². The summed E-state index contributed by atoms with van der Waals surface area (Å²) in [6.07, 6.45) is 0. The van der Waals surface area contributed by atoms with Gasteiger partial charge in [0.15, 0.2) is 0 Å². The van der Waals surface area contributed by atoms with Crippen LogP contribution >= 0.6 is 0 Å². The van der Waals surface area contributed by atoms with Crippen molar-refractivity contribution in [3.05, 3.63) is 53.6 Å². The summed E-state index contributed by atoms with van der Waals surface area (Å²) < 4.78 is 28.0. The van der Waals surface area contributed by atoms with E-state index < -0.39 is 17.6 Å². The zero-order valence-electron chi connectivity index (χ0n) is 9.92. The molecule has 0 aliphatic carbocycles. The van der Waals surface area contributed by atoms with Crippen LogP contribution < -0.4 is 0 Å². The molecule has 7 heteroatoms. The summed E-state index contributed by atoms with van der Waals surface area (Å²) in [6, 6.07) is 7.06. The molecule has 0 aliphatic heterocycles. The summed E-state index contributed by atoms with van der Waals surface area (Å²) in [5.41, 5.74) is 0.556. The lowest BCUT2D eigenvalue weighted by molar-refractivity contribution is 0.0697. The minimum Gasteiger partial charge on any atom is -0.478 e. The van der Waals surface area contributed by atoms with Gasteiger partial charge in [0.1, 0.15) is 22.8 Å². The van der Waals surface area contributed by atoms with Gasteiger partial charge in [-0.15, -0.1) is 5.10 Å². The van der Waals surface area contributed by atoms with E-state index in [1.807, 2.05) is 0 Å². The van der Waals surface area contributed by atoms with E-state index in [9.17, 15) is 13.6 Å². The molecular formula is C13H7F2N3O2. The summed E-state index contributed by atoms with van der Waals surface area (Å²) in [7, 11) is 0. The first kappa shape index (κ1) is 12.2. The summed E-state index contributed by atoms with van der Waals surface area (Å²) >= 11 is 0. The Bertz CT molecular complexity index is 830. The van der Waals surface area contributed by atoms with E-state index in [1.165, 1.54) is 18.2 Å². The standard InChI is InChI=1S/C13H7F2N3O2/c14-8-2-3-9(15)11(6-8)18-12-5-7(13(19)20)1-4-10(12)16-17-18/h1-6H,(H,19,20). The van der Waals surface area contributed by atoms with Crippen LogP contribution in [0.3, 0.4) is 0 Å². The molecule has 0 spiro atoms.